The first-order valence-corrected chi connectivity index (χ1v) is 43.9. The molecular formula is C86H131N23O23. The number of amides is 15. The van der Waals surface area contributed by atoms with Gasteiger partial charge in [-0.3, -0.25) is 71.9 Å². The van der Waals surface area contributed by atoms with Gasteiger partial charge >= 0.3 is 0 Å². The number of nitrogens with one attached hydrogen (secondary N) is 18. The van der Waals surface area contributed by atoms with Crippen LogP contribution < -0.4 is 91.6 Å². The van der Waals surface area contributed by atoms with Crippen molar-refractivity contribution in [3.05, 3.63) is 108 Å². The third-order valence-corrected chi connectivity index (χ3v) is 20.3. The maximum Gasteiger partial charge on any atom is 0.245 e. The Morgan fingerprint density at radius 2 is 0.727 bits per heavy atom. The summed E-state index contributed by atoms with van der Waals surface area (Å²) < 4.78 is 33.5. The maximum absolute atomic E-state index is 14.3. The van der Waals surface area contributed by atoms with Crippen molar-refractivity contribution < 1.29 is 111 Å². The van der Waals surface area contributed by atoms with Crippen LogP contribution >= 0.6 is 0 Å². The SMILES string of the molecule is CC(C)C[C@@H](N)C(=O)NCC(=O)N[C@H](C)C(=O)N[C@H](CO)C(=O)N[C@H](Cc1c[nH]c2ccccc12)C(=O)N[C@H](Cc1cnc[nH]1)C(=O)NCCOCCOCCOCCC(=O)NCCCC[C@H](NC(=O)CCOCCOCCOCCNC(=O)[C@@H](Cc1cnc[nH]1)NC(=O)[C@@H](Cc1c[nH]c2ccccc12)NC(=O)[C@@H](CO)NC(=O)[C@@H](C)NC(=O)CNC(=O)[C@H](N)CC(C)C)C(N)=O. The summed E-state index contributed by atoms with van der Waals surface area (Å²) >= 11 is 0. The predicted octanol–water partition coefficient (Wildman–Crippen LogP) is -5.38. The molecule has 0 aliphatic rings. The average molecular weight is 1860 g/mol. The fourth-order valence-corrected chi connectivity index (χ4v) is 13.2. The molecule has 0 saturated heterocycles. The number of carbonyl (C=O) groups excluding carboxylic acids is 15. The number of nitrogens with two attached hydrogens (primary N) is 3. The number of fused-ring (bicyclic) bond motifs is 2. The van der Waals surface area contributed by atoms with Crippen LogP contribution in [0.25, 0.3) is 21.8 Å². The lowest BCUT2D eigenvalue weighted by atomic mass is 10.0. The highest BCUT2D eigenvalue weighted by Gasteiger charge is 2.35. The number of para-hydroxylation sites is 2. The Morgan fingerprint density at radius 3 is 1.11 bits per heavy atom. The van der Waals surface area contributed by atoms with Gasteiger partial charge in [0.2, 0.25) is 88.6 Å². The van der Waals surface area contributed by atoms with Gasteiger partial charge < -0.3 is 150 Å². The van der Waals surface area contributed by atoms with Gasteiger partial charge in [-0.2, -0.15) is 0 Å². The molecule has 0 fully saturated rings. The number of imidazole rings is 2. The molecule has 132 heavy (non-hydrogen) atoms. The molecule has 6 aromatic rings. The molecule has 0 aliphatic heterocycles. The Labute approximate surface area is 763 Å². The van der Waals surface area contributed by atoms with Gasteiger partial charge in [0.05, 0.1) is 130 Å². The molecule has 6 rings (SSSR count). The molecule has 728 valence electrons. The highest BCUT2D eigenvalue weighted by atomic mass is 16.5. The zero-order valence-corrected chi connectivity index (χ0v) is 75.4. The molecule has 46 nitrogen and oxygen atoms in total. The lowest BCUT2D eigenvalue weighted by Crippen LogP contribution is -2.59. The Hall–Kier alpha value is -12.4. The topological polar surface area (TPSA) is 687 Å². The van der Waals surface area contributed by atoms with Crippen molar-refractivity contribution in [3.8, 4) is 0 Å². The Balaban J connectivity index is 0.798. The van der Waals surface area contributed by atoms with Crippen molar-refractivity contribution in [1.29, 1.82) is 0 Å². The summed E-state index contributed by atoms with van der Waals surface area (Å²) in [5, 5.41) is 58.2. The van der Waals surface area contributed by atoms with Crippen molar-refractivity contribution >= 4 is 110 Å². The molecule has 0 spiro atoms. The summed E-state index contributed by atoms with van der Waals surface area (Å²) in [5.41, 5.74) is 21.1. The summed E-state index contributed by atoms with van der Waals surface area (Å²) in [4.78, 5) is 218. The summed E-state index contributed by atoms with van der Waals surface area (Å²) in [6.45, 7) is 9.28. The lowest BCUT2D eigenvalue weighted by Gasteiger charge is -2.25. The van der Waals surface area contributed by atoms with Gasteiger partial charge in [0.1, 0.15) is 54.4 Å². The van der Waals surface area contributed by atoms with Crippen LogP contribution in [0.1, 0.15) is 109 Å². The minimum atomic E-state index is -1.60. The van der Waals surface area contributed by atoms with Gasteiger partial charge in [-0.1, -0.05) is 64.1 Å². The number of aromatic amines is 4. The highest BCUT2D eigenvalue weighted by molar-refractivity contribution is 5.99. The summed E-state index contributed by atoms with van der Waals surface area (Å²) in [6, 6.07) is 1.01. The van der Waals surface area contributed by atoms with Crippen LogP contribution in [0.15, 0.2) is 86.0 Å². The number of aromatic nitrogens is 6. The van der Waals surface area contributed by atoms with E-state index in [2.05, 4.69) is 104 Å². The normalized spacial score (nSPS) is 13.8. The fraction of sp³-hybridized carbons (Fsp3) is 0.570. The van der Waals surface area contributed by atoms with E-state index in [0.717, 1.165) is 21.8 Å². The van der Waals surface area contributed by atoms with E-state index in [0.29, 0.717) is 54.7 Å². The first-order chi connectivity index (χ1) is 63.3. The van der Waals surface area contributed by atoms with Gasteiger partial charge in [0, 0.05) is 116 Å². The number of carbonyl (C=O) groups is 15. The quantitative estimate of drug-likeness (QED) is 0.0159. The van der Waals surface area contributed by atoms with Crippen molar-refractivity contribution in [2.45, 2.75) is 179 Å². The largest absolute Gasteiger partial charge is 0.394 e. The van der Waals surface area contributed by atoms with Gasteiger partial charge in [-0.05, 0) is 81.0 Å². The van der Waals surface area contributed by atoms with E-state index < -0.39 is 175 Å². The molecule has 4 heterocycles. The number of rotatable bonds is 67. The second-order valence-corrected chi connectivity index (χ2v) is 32.0. The van der Waals surface area contributed by atoms with Gasteiger partial charge in [0.15, 0.2) is 0 Å². The number of benzene rings is 2. The van der Waals surface area contributed by atoms with Crippen molar-refractivity contribution in [1.82, 2.24) is 104 Å². The molecule has 2 aromatic carbocycles. The fourth-order valence-electron chi connectivity index (χ4n) is 13.2. The van der Waals surface area contributed by atoms with Crippen LogP contribution in [0.3, 0.4) is 0 Å². The second kappa shape index (κ2) is 59.8. The van der Waals surface area contributed by atoms with E-state index in [-0.39, 0.29) is 155 Å². The molecule has 0 saturated carbocycles. The number of unbranched alkanes of at least 4 members (excludes halogenated alkanes) is 1. The van der Waals surface area contributed by atoms with Gasteiger partial charge in [-0.15, -0.1) is 0 Å². The number of aliphatic hydroxyl groups excluding tert-OH is 2. The zero-order valence-electron chi connectivity index (χ0n) is 75.4. The van der Waals surface area contributed by atoms with Crippen LogP contribution in [-0.4, -0.2) is 320 Å². The summed E-state index contributed by atoms with van der Waals surface area (Å²) in [6.07, 6.45) is 10.7. The third kappa shape index (κ3) is 40.9. The molecule has 0 bridgehead atoms. The van der Waals surface area contributed by atoms with E-state index in [1.165, 1.54) is 38.9 Å². The molecule has 0 unspecified atom stereocenters. The minimum Gasteiger partial charge on any atom is -0.394 e. The molecule has 15 amide bonds. The number of hydrogen-bond donors (Lipinski definition) is 23. The Morgan fingerprint density at radius 1 is 0.364 bits per heavy atom. The summed E-state index contributed by atoms with van der Waals surface area (Å²) in [5.74, 6) is -10.1. The molecule has 0 aliphatic carbocycles. The number of aliphatic hydroxyl groups is 2. The van der Waals surface area contributed by atoms with E-state index in [1.807, 2.05) is 64.1 Å². The van der Waals surface area contributed by atoms with Crippen LogP contribution in [-0.2, 0) is 126 Å². The maximum atomic E-state index is 14.3. The van der Waals surface area contributed by atoms with Crippen LogP contribution in [0.2, 0.25) is 0 Å². The minimum absolute atomic E-state index is 0.0146. The highest BCUT2D eigenvalue weighted by Crippen LogP contribution is 2.22. The first-order valence-electron chi connectivity index (χ1n) is 43.9. The number of hydrogen-bond acceptors (Lipinski definition) is 27. The molecule has 46 heteroatoms. The number of H-pyrrole nitrogens is 4. The molecule has 11 atom stereocenters. The monoisotopic (exact) mass is 1850 g/mol. The van der Waals surface area contributed by atoms with E-state index in [1.54, 1.807) is 24.5 Å². The number of ether oxygens (including phenoxy) is 6. The average Bonchev–Trinajstić information content (AvgIpc) is 1.75. The standard InChI is InChI=1S/C86H131N23O23/c1-51(2)35-61(87)79(119)97-45-74(114)101-53(5)77(117)108-70(47-110)85(125)104-66(37-55-41-95-63-15-9-7-13-59(55)63)83(123)106-68(39-57-43-90-49-99-57)81(121)93-21-25-129-29-33-131-31-27-127-23-18-72(112)92-20-12-11-17-65(76(89)116)103-73(113)19-24-128-28-32-132-34-30-130-26-22-94-82(122)69(40-58-44-91-50-100-58)107-84(124)67(38-56-42-96-64-16-10-8-14-60(56)64)105-86(126)71(48-111)109-78(118)54(6)102-75(115)46-98-80(120)62(88)36-52(3)4/h7-10,13-16,41-44,49-54,61-62,65-71,95-96,110-111H,11-12,17-40,45-48,87-88H2,1-6H3,(H2,89,116)(H,90,99)(H,91,100)(H,92,112)(H,93,121)(H,94,122)(H,97,119)(H,98,120)(H,101,114)(H,102,115)(H,103,113)(H,104,125)(H,105,126)(H,106,123)(H,107,124)(H,108,117)(H,109,118)/t53-,54-,61-,62-,65+,66-,67-,68-,69-,70-,71-/m1/s1. The molecule has 0 radical (unpaired) electrons. The lowest BCUT2D eigenvalue weighted by molar-refractivity contribution is -0.135. The zero-order chi connectivity index (χ0) is 96.3. The number of primary amides is 1. The first kappa shape index (κ1) is 108. The molecule has 26 N–H and O–H groups in total. The van der Waals surface area contributed by atoms with Crippen molar-refractivity contribution in [2.75, 3.05) is 125 Å². The Bertz CT molecular complexity index is 4610. The molecule has 4 aromatic heterocycles. The van der Waals surface area contributed by atoms with Crippen LogP contribution in [0.5, 0.6) is 0 Å². The van der Waals surface area contributed by atoms with Crippen LogP contribution in [0, 0.1) is 11.8 Å². The van der Waals surface area contributed by atoms with Gasteiger partial charge in [-0.25, -0.2) is 9.97 Å². The van der Waals surface area contributed by atoms with E-state index >= 15 is 0 Å². The smallest absolute Gasteiger partial charge is 0.245 e. The Kier molecular flexibility index (Phi) is 49.1. The van der Waals surface area contributed by atoms with Crippen molar-refractivity contribution in [3.63, 3.8) is 0 Å². The number of nitrogens with zero attached hydrogens (tertiary/aromatic N) is 2. The van der Waals surface area contributed by atoms with E-state index in [4.69, 9.17) is 45.6 Å². The molecular weight excluding hydrogens is 1720 g/mol. The van der Waals surface area contributed by atoms with E-state index in [9.17, 15) is 82.1 Å². The second-order valence-electron chi connectivity index (χ2n) is 32.0. The third-order valence-electron chi connectivity index (χ3n) is 20.3. The van der Waals surface area contributed by atoms with Crippen LogP contribution in [0.4, 0.5) is 0 Å². The summed E-state index contributed by atoms with van der Waals surface area (Å²) in [7, 11) is 0. The predicted molar refractivity (Wildman–Crippen MR) is 479 cm³/mol. The van der Waals surface area contributed by atoms with Crippen molar-refractivity contribution in [2.24, 2.45) is 29.0 Å². The van der Waals surface area contributed by atoms with Gasteiger partial charge in [0.25, 0.3) is 0 Å².